The molecule has 2 aromatic heterocycles. The highest BCUT2D eigenvalue weighted by molar-refractivity contribution is 7.98. The lowest BCUT2D eigenvalue weighted by Crippen LogP contribution is -2.35. The molecule has 1 atom stereocenters. The van der Waals surface area contributed by atoms with Gasteiger partial charge in [-0.05, 0) is 44.0 Å². The molecule has 4 rings (SSSR count). The molecule has 0 N–H and O–H groups in total. The van der Waals surface area contributed by atoms with E-state index in [-0.39, 0.29) is 0 Å². The van der Waals surface area contributed by atoms with Crippen LogP contribution in [-0.2, 0) is 19.3 Å². The van der Waals surface area contributed by atoms with Crippen LogP contribution in [0.2, 0.25) is 0 Å². The summed E-state index contributed by atoms with van der Waals surface area (Å²) in [4.78, 5) is 7.16. The maximum absolute atomic E-state index is 4.66. The van der Waals surface area contributed by atoms with E-state index >= 15 is 0 Å². The van der Waals surface area contributed by atoms with E-state index in [9.17, 15) is 0 Å². The zero-order valence-corrected chi connectivity index (χ0v) is 17.4. The minimum atomic E-state index is 0.433. The van der Waals surface area contributed by atoms with Crippen LogP contribution in [0.1, 0.15) is 41.5 Å². The Balaban J connectivity index is 1.40. The second kappa shape index (κ2) is 8.88. The Bertz CT molecular complexity index is 908. The number of rotatable bonds is 6. The lowest BCUT2D eigenvalue weighted by atomic mass is 9.97. The summed E-state index contributed by atoms with van der Waals surface area (Å²) in [6.45, 7) is 5.10. The number of likely N-dealkylation sites (tertiary alicyclic amines) is 1. The van der Waals surface area contributed by atoms with E-state index in [1.807, 2.05) is 0 Å². The van der Waals surface area contributed by atoms with Crippen LogP contribution < -0.4 is 0 Å². The van der Waals surface area contributed by atoms with E-state index in [0.29, 0.717) is 5.92 Å². The Morgan fingerprint density at radius 3 is 2.75 bits per heavy atom. The quantitative estimate of drug-likeness (QED) is 0.588. The van der Waals surface area contributed by atoms with Crippen LogP contribution in [0.4, 0.5) is 0 Å². The smallest absolute Gasteiger partial charge is 0.191 e. The number of benzene rings is 1. The van der Waals surface area contributed by atoms with Crippen molar-refractivity contribution in [1.29, 1.82) is 0 Å². The molecule has 1 fully saturated rings. The highest BCUT2D eigenvalue weighted by atomic mass is 32.2. The van der Waals surface area contributed by atoms with Gasteiger partial charge in [0.1, 0.15) is 5.82 Å². The molecule has 28 heavy (non-hydrogen) atoms. The van der Waals surface area contributed by atoms with Gasteiger partial charge in [0, 0.05) is 37.5 Å². The third-order valence-electron chi connectivity index (χ3n) is 5.28. The minimum Gasteiger partial charge on any atom is -0.309 e. The molecule has 3 heterocycles. The highest BCUT2D eigenvalue weighted by Crippen LogP contribution is 2.29. The maximum atomic E-state index is 4.66. The zero-order valence-electron chi connectivity index (χ0n) is 16.6. The first-order valence-corrected chi connectivity index (χ1v) is 10.9. The summed E-state index contributed by atoms with van der Waals surface area (Å²) in [5.74, 6) is 2.46. The van der Waals surface area contributed by atoms with Crippen molar-refractivity contribution in [2.75, 3.05) is 13.1 Å². The minimum absolute atomic E-state index is 0.433. The molecule has 3 aromatic rings. The summed E-state index contributed by atoms with van der Waals surface area (Å²) in [5.41, 5.74) is 3.55. The molecular formula is C22H27N5S. The van der Waals surface area contributed by atoms with Gasteiger partial charge in [0.25, 0.3) is 0 Å². The summed E-state index contributed by atoms with van der Waals surface area (Å²) < 4.78 is 2.19. The van der Waals surface area contributed by atoms with Gasteiger partial charge >= 0.3 is 0 Å². The fourth-order valence-corrected chi connectivity index (χ4v) is 4.73. The van der Waals surface area contributed by atoms with Crippen molar-refractivity contribution >= 4 is 11.8 Å². The van der Waals surface area contributed by atoms with Crippen molar-refractivity contribution in [2.24, 2.45) is 7.05 Å². The van der Waals surface area contributed by atoms with Crippen LogP contribution in [-0.4, -0.2) is 37.7 Å². The first kappa shape index (κ1) is 19.2. The van der Waals surface area contributed by atoms with E-state index in [0.717, 1.165) is 47.8 Å². The molecule has 1 unspecified atom stereocenters. The normalized spacial score (nSPS) is 17.7. The number of nitrogens with zero attached hydrogens (tertiary/aromatic N) is 5. The van der Waals surface area contributed by atoms with Gasteiger partial charge in [-0.1, -0.05) is 48.2 Å². The number of pyridine rings is 1. The zero-order chi connectivity index (χ0) is 19.3. The predicted octanol–water partition coefficient (Wildman–Crippen LogP) is 4.19. The molecule has 0 radical (unpaired) electrons. The van der Waals surface area contributed by atoms with Gasteiger partial charge in [-0.2, -0.15) is 0 Å². The monoisotopic (exact) mass is 393 g/mol. The lowest BCUT2D eigenvalue weighted by Gasteiger charge is -2.31. The van der Waals surface area contributed by atoms with Crippen LogP contribution in [0, 0.1) is 6.92 Å². The molecular weight excluding hydrogens is 366 g/mol. The Morgan fingerprint density at radius 2 is 1.93 bits per heavy atom. The van der Waals surface area contributed by atoms with Crippen molar-refractivity contribution in [3.63, 3.8) is 0 Å². The third-order valence-corrected chi connectivity index (χ3v) is 6.37. The Hall–Kier alpha value is -2.18. The largest absolute Gasteiger partial charge is 0.309 e. The fourth-order valence-electron chi connectivity index (χ4n) is 3.86. The van der Waals surface area contributed by atoms with Crippen molar-refractivity contribution < 1.29 is 0 Å². The second-order valence-electron chi connectivity index (χ2n) is 7.52. The van der Waals surface area contributed by atoms with E-state index < -0.39 is 0 Å². The first-order valence-electron chi connectivity index (χ1n) is 9.90. The third kappa shape index (κ3) is 4.62. The van der Waals surface area contributed by atoms with Gasteiger partial charge in [-0.3, -0.25) is 9.88 Å². The van der Waals surface area contributed by atoms with Crippen molar-refractivity contribution in [3.8, 4) is 0 Å². The van der Waals surface area contributed by atoms with E-state index in [1.165, 1.54) is 18.4 Å². The molecule has 1 saturated heterocycles. The van der Waals surface area contributed by atoms with Gasteiger partial charge in [-0.25, -0.2) is 0 Å². The summed E-state index contributed by atoms with van der Waals surface area (Å²) in [6.07, 6.45) is 2.36. The molecule has 6 heteroatoms. The van der Waals surface area contributed by atoms with Crippen molar-refractivity contribution in [1.82, 2.24) is 24.6 Å². The average molecular weight is 394 g/mol. The summed E-state index contributed by atoms with van der Waals surface area (Å²) >= 11 is 1.76. The number of hydrogen-bond acceptors (Lipinski definition) is 5. The molecule has 0 bridgehead atoms. The van der Waals surface area contributed by atoms with Crippen LogP contribution in [0.25, 0.3) is 0 Å². The molecule has 146 valence electrons. The molecule has 1 aliphatic rings. The molecule has 0 amide bonds. The SMILES string of the molecule is Cc1cccc(CN2CCCC(c3nnc(SCc4ccccc4)n3C)C2)n1. The Morgan fingerprint density at radius 1 is 1.07 bits per heavy atom. The second-order valence-corrected chi connectivity index (χ2v) is 8.46. The van der Waals surface area contributed by atoms with E-state index in [1.54, 1.807) is 11.8 Å². The Kier molecular flexibility index (Phi) is 6.07. The average Bonchev–Trinajstić information content (AvgIpc) is 3.08. The van der Waals surface area contributed by atoms with E-state index in [4.69, 9.17) is 0 Å². The first-order chi connectivity index (χ1) is 13.7. The summed E-state index contributed by atoms with van der Waals surface area (Å²) in [7, 11) is 2.10. The van der Waals surface area contributed by atoms with Crippen molar-refractivity contribution in [2.45, 2.75) is 43.1 Å². The molecule has 0 saturated carbocycles. The Labute approximate surface area is 171 Å². The topological polar surface area (TPSA) is 46.8 Å². The van der Waals surface area contributed by atoms with Gasteiger partial charge in [0.05, 0.1) is 5.69 Å². The fraction of sp³-hybridized carbons (Fsp3) is 0.409. The van der Waals surface area contributed by atoms with Crippen LogP contribution >= 0.6 is 11.8 Å². The van der Waals surface area contributed by atoms with Gasteiger partial charge in [0.2, 0.25) is 0 Å². The van der Waals surface area contributed by atoms with Crippen LogP contribution in [0.15, 0.2) is 53.7 Å². The van der Waals surface area contributed by atoms with Crippen LogP contribution in [0.3, 0.4) is 0 Å². The molecule has 0 aliphatic carbocycles. The molecule has 5 nitrogen and oxygen atoms in total. The van der Waals surface area contributed by atoms with Gasteiger partial charge in [0.15, 0.2) is 5.16 Å². The van der Waals surface area contributed by atoms with E-state index in [2.05, 4.69) is 87.2 Å². The number of aryl methyl sites for hydroxylation is 1. The lowest BCUT2D eigenvalue weighted by molar-refractivity contribution is 0.193. The molecule has 1 aromatic carbocycles. The maximum Gasteiger partial charge on any atom is 0.191 e. The summed E-state index contributed by atoms with van der Waals surface area (Å²) in [5, 5.41) is 10.0. The summed E-state index contributed by atoms with van der Waals surface area (Å²) in [6, 6.07) is 16.8. The van der Waals surface area contributed by atoms with Crippen LogP contribution in [0.5, 0.6) is 0 Å². The van der Waals surface area contributed by atoms with Crippen molar-refractivity contribution in [3.05, 3.63) is 71.3 Å². The number of aromatic nitrogens is 4. The predicted molar refractivity (Wildman–Crippen MR) is 113 cm³/mol. The van der Waals surface area contributed by atoms with Gasteiger partial charge < -0.3 is 4.57 Å². The van der Waals surface area contributed by atoms with Gasteiger partial charge in [-0.15, -0.1) is 10.2 Å². The number of thioether (sulfide) groups is 1. The number of hydrogen-bond donors (Lipinski definition) is 0. The standard InChI is InChI=1S/C22H27N5S/c1-17-8-6-12-20(23-17)15-27-13-7-11-19(14-27)21-24-25-22(26(21)2)28-16-18-9-4-3-5-10-18/h3-6,8-10,12,19H,7,11,13-16H2,1-2H3. The highest BCUT2D eigenvalue weighted by Gasteiger charge is 2.26. The molecule has 0 spiro atoms. The number of piperidine rings is 1. The molecule has 1 aliphatic heterocycles.